The Morgan fingerprint density at radius 2 is 2.22 bits per heavy atom. The third kappa shape index (κ3) is 3.68. The van der Waals surface area contributed by atoms with E-state index in [1.165, 1.54) is 0 Å². The van der Waals surface area contributed by atoms with Crippen LogP contribution >= 0.6 is 0 Å². The van der Waals surface area contributed by atoms with E-state index in [1.54, 1.807) is 11.0 Å². The Morgan fingerprint density at radius 3 is 3.04 bits per heavy atom. The van der Waals surface area contributed by atoms with E-state index >= 15 is 0 Å². The predicted octanol–water partition coefficient (Wildman–Crippen LogP) is 2.46. The monoisotopic (exact) mass is 370 g/mol. The molecule has 1 fully saturated rings. The molecule has 1 saturated heterocycles. The van der Waals surface area contributed by atoms with Gasteiger partial charge in [0, 0.05) is 25.2 Å². The molecule has 0 aromatic carbocycles. The minimum atomic E-state index is -0.278. The molecule has 7 heteroatoms. The summed E-state index contributed by atoms with van der Waals surface area (Å²) in [6.45, 7) is 5.40. The third-order valence-electron chi connectivity index (χ3n) is 5.45. The Morgan fingerprint density at radius 1 is 1.37 bits per heavy atom. The molecule has 0 radical (unpaired) electrons. The smallest absolute Gasteiger partial charge is 0.261 e. The molecule has 2 aromatic rings. The average molecular weight is 370 g/mol. The van der Waals surface area contributed by atoms with Gasteiger partial charge in [0.1, 0.15) is 5.56 Å². The number of rotatable bonds is 4. The summed E-state index contributed by atoms with van der Waals surface area (Å²) in [6, 6.07) is 1.79. The highest BCUT2D eigenvalue weighted by atomic mass is 16.5. The summed E-state index contributed by atoms with van der Waals surface area (Å²) in [5, 5.41) is 4.07. The first-order valence-electron chi connectivity index (χ1n) is 9.88. The molecule has 0 saturated carbocycles. The van der Waals surface area contributed by atoms with Crippen molar-refractivity contribution in [3.63, 3.8) is 0 Å². The zero-order valence-corrected chi connectivity index (χ0v) is 16.0. The van der Waals surface area contributed by atoms with Gasteiger partial charge >= 0.3 is 0 Å². The number of fused-ring (bicyclic) bond motifs is 1. The van der Waals surface area contributed by atoms with E-state index in [0.29, 0.717) is 24.9 Å². The van der Waals surface area contributed by atoms with Gasteiger partial charge in [-0.05, 0) is 49.7 Å². The van der Waals surface area contributed by atoms with Crippen LogP contribution in [0.25, 0.3) is 0 Å². The maximum atomic E-state index is 13.0. The van der Waals surface area contributed by atoms with Gasteiger partial charge in [0.2, 0.25) is 5.89 Å². The highest BCUT2D eigenvalue weighted by Crippen LogP contribution is 2.27. The van der Waals surface area contributed by atoms with Gasteiger partial charge in [0.15, 0.2) is 5.82 Å². The van der Waals surface area contributed by atoms with Crippen molar-refractivity contribution in [2.75, 3.05) is 13.1 Å². The van der Waals surface area contributed by atoms with Crippen molar-refractivity contribution in [2.24, 2.45) is 5.92 Å². The van der Waals surface area contributed by atoms with Crippen molar-refractivity contribution in [3.8, 4) is 0 Å². The summed E-state index contributed by atoms with van der Waals surface area (Å²) in [5.74, 6) is 1.62. The number of carbonyl (C=O) groups is 1. The van der Waals surface area contributed by atoms with E-state index in [1.807, 2.05) is 0 Å². The maximum Gasteiger partial charge on any atom is 0.261 e. The molecule has 2 aromatic heterocycles. The number of H-pyrrole nitrogens is 1. The lowest BCUT2D eigenvalue weighted by Gasteiger charge is -2.31. The van der Waals surface area contributed by atoms with Gasteiger partial charge in [0.25, 0.3) is 11.5 Å². The second kappa shape index (κ2) is 7.29. The van der Waals surface area contributed by atoms with E-state index in [4.69, 9.17) is 4.52 Å². The SMILES string of the molecule is CC(C)Cc1noc(C2CCCN(C(=O)c3cc4c([nH]c3=O)CCC4)C2)n1. The van der Waals surface area contributed by atoms with E-state index in [9.17, 15) is 9.59 Å². The number of nitrogens with zero attached hydrogens (tertiary/aromatic N) is 3. The molecule has 0 spiro atoms. The highest BCUT2D eigenvalue weighted by molar-refractivity contribution is 5.94. The van der Waals surface area contributed by atoms with Crippen molar-refractivity contribution in [1.82, 2.24) is 20.0 Å². The lowest BCUT2D eigenvalue weighted by Crippen LogP contribution is -2.41. The summed E-state index contributed by atoms with van der Waals surface area (Å²) in [6.07, 6.45) is 5.40. The summed E-state index contributed by atoms with van der Waals surface area (Å²) in [5.41, 5.74) is 2.06. The number of amides is 1. The minimum Gasteiger partial charge on any atom is -0.339 e. The van der Waals surface area contributed by atoms with E-state index in [-0.39, 0.29) is 22.9 Å². The Balaban J connectivity index is 1.50. The van der Waals surface area contributed by atoms with Crippen LogP contribution in [-0.2, 0) is 19.3 Å². The quantitative estimate of drug-likeness (QED) is 0.892. The van der Waals surface area contributed by atoms with Crippen molar-refractivity contribution >= 4 is 5.91 Å². The van der Waals surface area contributed by atoms with Crippen LogP contribution in [0.5, 0.6) is 0 Å². The Hall–Kier alpha value is -2.44. The number of hydrogen-bond acceptors (Lipinski definition) is 5. The van der Waals surface area contributed by atoms with Crippen molar-refractivity contribution in [1.29, 1.82) is 0 Å². The fourth-order valence-electron chi connectivity index (χ4n) is 4.09. The van der Waals surface area contributed by atoms with Gasteiger partial charge in [-0.25, -0.2) is 0 Å². The molecule has 1 aliphatic carbocycles. The molecule has 7 nitrogen and oxygen atoms in total. The largest absolute Gasteiger partial charge is 0.339 e. The normalized spacial score (nSPS) is 19.5. The summed E-state index contributed by atoms with van der Waals surface area (Å²) in [7, 11) is 0. The molecule has 1 aliphatic heterocycles. The molecule has 27 heavy (non-hydrogen) atoms. The third-order valence-corrected chi connectivity index (χ3v) is 5.45. The summed E-state index contributed by atoms with van der Waals surface area (Å²) < 4.78 is 5.46. The van der Waals surface area contributed by atoms with Crippen LogP contribution in [0.4, 0.5) is 0 Å². The number of aromatic amines is 1. The zero-order valence-electron chi connectivity index (χ0n) is 16.0. The molecule has 1 atom stereocenters. The van der Waals surface area contributed by atoms with Crippen LogP contribution in [0.2, 0.25) is 0 Å². The van der Waals surface area contributed by atoms with Crippen molar-refractivity contribution in [2.45, 2.75) is 58.3 Å². The van der Waals surface area contributed by atoms with Crippen LogP contribution in [0.1, 0.15) is 72.4 Å². The lowest BCUT2D eigenvalue weighted by atomic mass is 9.97. The van der Waals surface area contributed by atoms with Crippen LogP contribution in [-0.4, -0.2) is 39.0 Å². The Kier molecular flexibility index (Phi) is 4.85. The van der Waals surface area contributed by atoms with Crippen LogP contribution in [0.15, 0.2) is 15.4 Å². The first-order valence-corrected chi connectivity index (χ1v) is 9.88. The average Bonchev–Trinajstić information content (AvgIpc) is 3.29. The maximum absolute atomic E-state index is 13.0. The number of nitrogens with one attached hydrogen (secondary N) is 1. The highest BCUT2D eigenvalue weighted by Gasteiger charge is 2.30. The fraction of sp³-hybridized carbons (Fsp3) is 0.600. The molecule has 3 heterocycles. The summed E-state index contributed by atoms with van der Waals surface area (Å²) >= 11 is 0. The molecule has 4 rings (SSSR count). The Bertz CT molecular complexity index is 899. The molecule has 144 valence electrons. The van der Waals surface area contributed by atoms with Crippen LogP contribution < -0.4 is 5.56 Å². The topological polar surface area (TPSA) is 92.1 Å². The fourth-order valence-corrected chi connectivity index (χ4v) is 4.09. The van der Waals surface area contributed by atoms with Gasteiger partial charge in [-0.2, -0.15) is 4.98 Å². The number of carbonyl (C=O) groups excluding carboxylic acids is 1. The number of hydrogen-bond donors (Lipinski definition) is 1. The molecule has 1 N–H and O–H groups in total. The number of piperidine rings is 1. The first-order chi connectivity index (χ1) is 13.0. The number of pyridine rings is 1. The summed E-state index contributed by atoms with van der Waals surface area (Å²) in [4.78, 5) is 34.5. The Labute approximate surface area is 158 Å². The predicted molar refractivity (Wildman–Crippen MR) is 99.8 cm³/mol. The second-order valence-electron chi connectivity index (χ2n) is 8.11. The van der Waals surface area contributed by atoms with Gasteiger partial charge in [-0.15, -0.1) is 0 Å². The van der Waals surface area contributed by atoms with Gasteiger partial charge in [-0.1, -0.05) is 19.0 Å². The molecule has 0 bridgehead atoms. The van der Waals surface area contributed by atoms with Gasteiger partial charge in [-0.3, -0.25) is 9.59 Å². The van der Waals surface area contributed by atoms with Crippen LogP contribution in [0, 0.1) is 5.92 Å². The molecular weight excluding hydrogens is 344 g/mol. The van der Waals surface area contributed by atoms with E-state index < -0.39 is 0 Å². The zero-order chi connectivity index (χ0) is 19.0. The first kappa shape index (κ1) is 17.9. The van der Waals surface area contributed by atoms with Crippen LogP contribution in [0.3, 0.4) is 0 Å². The minimum absolute atomic E-state index is 0.0321. The molecule has 1 unspecified atom stereocenters. The van der Waals surface area contributed by atoms with Crippen molar-refractivity contribution < 1.29 is 9.32 Å². The molecule has 1 amide bonds. The molecule has 2 aliphatic rings. The number of aromatic nitrogens is 3. The number of likely N-dealkylation sites (tertiary alicyclic amines) is 1. The molecular formula is C20H26N4O3. The van der Waals surface area contributed by atoms with Gasteiger partial charge in [0.05, 0.1) is 5.92 Å². The standard InChI is InChI=1S/C20H26N4O3/c1-12(2)9-17-22-19(27-23-17)14-6-4-8-24(11-14)20(26)15-10-13-5-3-7-16(13)21-18(15)25/h10,12,14H,3-9,11H2,1-2H3,(H,21,25). The number of aryl methyl sites for hydroxylation is 2. The van der Waals surface area contributed by atoms with Gasteiger partial charge < -0.3 is 14.4 Å². The van der Waals surface area contributed by atoms with Crippen molar-refractivity contribution in [3.05, 3.63) is 45.0 Å². The van der Waals surface area contributed by atoms with E-state index in [0.717, 1.165) is 55.6 Å². The lowest BCUT2D eigenvalue weighted by molar-refractivity contribution is 0.0693. The second-order valence-corrected chi connectivity index (χ2v) is 8.11. The van der Waals surface area contributed by atoms with E-state index in [2.05, 4.69) is 29.0 Å².